The number of carbonyl (C=O) groups is 1. The molecule has 0 spiro atoms. The highest BCUT2D eigenvalue weighted by atomic mass is 32.2. The summed E-state index contributed by atoms with van der Waals surface area (Å²) in [5.74, 6) is 0.787. The highest BCUT2D eigenvalue weighted by molar-refractivity contribution is 7.92. The van der Waals surface area contributed by atoms with Crippen molar-refractivity contribution in [3.8, 4) is 11.5 Å². The van der Waals surface area contributed by atoms with Crippen LogP contribution in [0.3, 0.4) is 0 Å². The fourth-order valence-electron chi connectivity index (χ4n) is 2.89. The third-order valence-corrected chi connectivity index (χ3v) is 5.87. The molecule has 0 bridgehead atoms. The van der Waals surface area contributed by atoms with Gasteiger partial charge < -0.3 is 14.8 Å². The van der Waals surface area contributed by atoms with E-state index in [4.69, 9.17) is 9.47 Å². The van der Waals surface area contributed by atoms with Crippen molar-refractivity contribution in [2.24, 2.45) is 0 Å². The molecule has 1 heterocycles. The van der Waals surface area contributed by atoms with Crippen LogP contribution in [0.2, 0.25) is 0 Å². The van der Waals surface area contributed by atoms with E-state index in [0.717, 1.165) is 25.7 Å². The molecular weight excluding hydrogens is 392 g/mol. The number of fused-ring (bicyclic) bond motifs is 1. The molecule has 0 aliphatic carbocycles. The first-order valence-electron chi connectivity index (χ1n) is 9.80. The molecular formula is C21H26N2O5S. The second-order valence-electron chi connectivity index (χ2n) is 6.80. The standard InChI is InChI=1S/C21H26N2O5S/c1-2-3-4-12-22-21(24)16-6-8-17(9-7-16)23-29(25,26)18-10-11-19-20(15-18)28-14-5-13-27-19/h6-11,15,23H,2-5,12-14H2,1H3,(H,22,24). The zero-order chi connectivity index (χ0) is 20.7. The number of carbonyl (C=O) groups excluding carboxylic acids is 1. The van der Waals surface area contributed by atoms with Crippen molar-refractivity contribution < 1.29 is 22.7 Å². The Morgan fingerprint density at radius 3 is 2.45 bits per heavy atom. The third-order valence-electron chi connectivity index (χ3n) is 4.49. The number of nitrogens with one attached hydrogen (secondary N) is 2. The van der Waals surface area contributed by atoms with Gasteiger partial charge in [0.15, 0.2) is 11.5 Å². The molecule has 2 aromatic rings. The zero-order valence-corrected chi connectivity index (χ0v) is 17.3. The summed E-state index contributed by atoms with van der Waals surface area (Å²) in [5.41, 5.74) is 0.861. The van der Waals surface area contributed by atoms with Gasteiger partial charge in [0.25, 0.3) is 15.9 Å². The minimum absolute atomic E-state index is 0.0829. The second-order valence-corrected chi connectivity index (χ2v) is 8.49. The fraction of sp³-hybridized carbons (Fsp3) is 0.381. The number of anilines is 1. The summed E-state index contributed by atoms with van der Waals surface area (Å²) in [5, 5.41) is 2.86. The van der Waals surface area contributed by atoms with E-state index >= 15 is 0 Å². The number of amides is 1. The summed E-state index contributed by atoms with van der Waals surface area (Å²) in [6.07, 6.45) is 3.85. The normalized spacial score (nSPS) is 13.4. The van der Waals surface area contributed by atoms with Gasteiger partial charge in [0.1, 0.15) is 0 Å². The number of unbranched alkanes of at least 4 members (excludes halogenated alkanes) is 2. The van der Waals surface area contributed by atoms with Crippen molar-refractivity contribution >= 4 is 21.6 Å². The molecule has 1 aliphatic rings. The van der Waals surface area contributed by atoms with Crippen LogP contribution in [0.5, 0.6) is 11.5 Å². The molecule has 0 aromatic heterocycles. The van der Waals surface area contributed by atoms with E-state index in [1.54, 1.807) is 30.3 Å². The van der Waals surface area contributed by atoms with E-state index in [1.165, 1.54) is 12.1 Å². The van der Waals surface area contributed by atoms with Gasteiger partial charge in [-0.25, -0.2) is 8.42 Å². The predicted molar refractivity (Wildman–Crippen MR) is 111 cm³/mol. The molecule has 0 saturated heterocycles. The van der Waals surface area contributed by atoms with Gasteiger partial charge in [-0.2, -0.15) is 0 Å². The maximum atomic E-state index is 12.7. The van der Waals surface area contributed by atoms with Crippen LogP contribution in [-0.4, -0.2) is 34.1 Å². The SMILES string of the molecule is CCCCCNC(=O)c1ccc(NS(=O)(=O)c2ccc3c(c2)OCCCO3)cc1. The molecule has 2 aromatic carbocycles. The van der Waals surface area contributed by atoms with Crippen LogP contribution in [0.4, 0.5) is 5.69 Å². The quantitative estimate of drug-likeness (QED) is 0.639. The number of rotatable bonds is 8. The molecule has 1 aliphatic heterocycles. The number of hydrogen-bond acceptors (Lipinski definition) is 5. The van der Waals surface area contributed by atoms with Gasteiger partial charge in [-0.3, -0.25) is 9.52 Å². The molecule has 0 unspecified atom stereocenters. The Balaban J connectivity index is 1.66. The van der Waals surface area contributed by atoms with Gasteiger partial charge in [-0.1, -0.05) is 19.8 Å². The van der Waals surface area contributed by atoms with E-state index in [9.17, 15) is 13.2 Å². The first-order valence-corrected chi connectivity index (χ1v) is 11.3. The molecule has 1 amide bonds. The van der Waals surface area contributed by atoms with Crippen LogP contribution in [0.25, 0.3) is 0 Å². The molecule has 0 atom stereocenters. The number of sulfonamides is 1. The monoisotopic (exact) mass is 418 g/mol. The zero-order valence-electron chi connectivity index (χ0n) is 16.4. The summed E-state index contributed by atoms with van der Waals surface area (Å²) < 4.78 is 39.0. The fourth-order valence-corrected chi connectivity index (χ4v) is 3.97. The van der Waals surface area contributed by atoms with Gasteiger partial charge in [0, 0.05) is 30.3 Å². The number of ether oxygens (including phenoxy) is 2. The second kappa shape index (κ2) is 9.65. The van der Waals surface area contributed by atoms with Crippen LogP contribution in [-0.2, 0) is 10.0 Å². The Morgan fingerprint density at radius 1 is 1.00 bits per heavy atom. The summed E-state index contributed by atoms with van der Waals surface area (Å²) in [7, 11) is -3.80. The van der Waals surface area contributed by atoms with Crippen molar-refractivity contribution in [1.29, 1.82) is 0 Å². The summed E-state index contributed by atoms with van der Waals surface area (Å²) in [4.78, 5) is 12.2. The van der Waals surface area contributed by atoms with E-state index in [2.05, 4.69) is 17.0 Å². The van der Waals surface area contributed by atoms with Crippen LogP contribution >= 0.6 is 0 Å². The van der Waals surface area contributed by atoms with E-state index in [0.29, 0.717) is 42.5 Å². The molecule has 156 valence electrons. The van der Waals surface area contributed by atoms with Gasteiger partial charge in [0.05, 0.1) is 18.1 Å². The minimum atomic E-state index is -3.80. The van der Waals surface area contributed by atoms with Gasteiger partial charge in [0.2, 0.25) is 0 Å². The predicted octanol–water partition coefficient (Wildman–Crippen LogP) is 3.57. The average molecular weight is 419 g/mol. The van der Waals surface area contributed by atoms with Crippen molar-refractivity contribution in [2.75, 3.05) is 24.5 Å². The molecule has 8 heteroatoms. The van der Waals surface area contributed by atoms with Crippen molar-refractivity contribution in [3.05, 3.63) is 48.0 Å². The van der Waals surface area contributed by atoms with Crippen molar-refractivity contribution in [3.63, 3.8) is 0 Å². The van der Waals surface area contributed by atoms with E-state index < -0.39 is 10.0 Å². The maximum absolute atomic E-state index is 12.7. The van der Waals surface area contributed by atoms with Crippen LogP contribution < -0.4 is 19.5 Å². The Labute approximate surface area is 171 Å². The lowest BCUT2D eigenvalue weighted by atomic mass is 10.2. The largest absolute Gasteiger partial charge is 0.490 e. The lowest BCUT2D eigenvalue weighted by Crippen LogP contribution is -2.24. The smallest absolute Gasteiger partial charge is 0.262 e. The summed E-state index contributed by atoms with van der Waals surface area (Å²) >= 11 is 0. The van der Waals surface area contributed by atoms with Gasteiger partial charge in [-0.15, -0.1) is 0 Å². The first kappa shape index (κ1) is 21.0. The topological polar surface area (TPSA) is 93.7 Å². The Kier molecular flexibility index (Phi) is 6.98. The summed E-state index contributed by atoms with van der Waals surface area (Å²) in [6.45, 7) is 3.75. The Bertz CT molecular complexity index is 942. The molecule has 7 nitrogen and oxygen atoms in total. The lowest BCUT2D eigenvalue weighted by molar-refractivity contribution is 0.0953. The van der Waals surface area contributed by atoms with Crippen LogP contribution in [0.1, 0.15) is 43.0 Å². The molecule has 3 rings (SSSR count). The molecule has 0 saturated carbocycles. The minimum Gasteiger partial charge on any atom is -0.490 e. The first-order chi connectivity index (χ1) is 14.0. The van der Waals surface area contributed by atoms with Crippen LogP contribution in [0.15, 0.2) is 47.4 Å². The van der Waals surface area contributed by atoms with Gasteiger partial charge in [-0.05, 0) is 42.8 Å². The molecule has 0 fully saturated rings. The average Bonchev–Trinajstić information content (AvgIpc) is 2.96. The highest BCUT2D eigenvalue weighted by Crippen LogP contribution is 2.32. The van der Waals surface area contributed by atoms with E-state index in [-0.39, 0.29) is 10.8 Å². The Hall–Kier alpha value is -2.74. The Morgan fingerprint density at radius 2 is 1.72 bits per heavy atom. The van der Waals surface area contributed by atoms with E-state index in [1.807, 2.05) is 0 Å². The molecule has 2 N–H and O–H groups in total. The van der Waals surface area contributed by atoms with Gasteiger partial charge >= 0.3 is 0 Å². The van der Waals surface area contributed by atoms with Crippen molar-refractivity contribution in [2.45, 2.75) is 37.5 Å². The molecule has 0 radical (unpaired) electrons. The number of benzene rings is 2. The third kappa shape index (κ3) is 5.63. The summed E-state index contributed by atoms with van der Waals surface area (Å²) in [6, 6.07) is 10.9. The highest BCUT2D eigenvalue weighted by Gasteiger charge is 2.19. The van der Waals surface area contributed by atoms with Crippen LogP contribution in [0, 0.1) is 0 Å². The maximum Gasteiger partial charge on any atom is 0.262 e. The lowest BCUT2D eigenvalue weighted by Gasteiger charge is -2.12. The van der Waals surface area contributed by atoms with Crippen molar-refractivity contribution in [1.82, 2.24) is 5.32 Å². The molecule has 29 heavy (non-hydrogen) atoms. The number of hydrogen-bond donors (Lipinski definition) is 2.